The van der Waals surface area contributed by atoms with Crippen LogP contribution < -0.4 is 4.57 Å². The lowest BCUT2D eigenvalue weighted by Gasteiger charge is -2.04. The summed E-state index contributed by atoms with van der Waals surface area (Å²) in [6.07, 6.45) is 0. The van der Waals surface area contributed by atoms with Gasteiger partial charge >= 0.3 is 0 Å². The third-order valence-corrected chi connectivity index (χ3v) is 9.94. The van der Waals surface area contributed by atoms with Crippen molar-refractivity contribution >= 4 is 85.8 Å². The number of thiazole rings is 1. The zero-order chi connectivity index (χ0) is 23.3. The van der Waals surface area contributed by atoms with Crippen molar-refractivity contribution in [1.82, 2.24) is 0 Å². The van der Waals surface area contributed by atoms with Gasteiger partial charge in [0.2, 0.25) is 0 Å². The van der Waals surface area contributed by atoms with E-state index in [2.05, 4.69) is 103 Å². The first kappa shape index (κ1) is 19.6. The molecule has 0 aliphatic rings. The summed E-state index contributed by atoms with van der Waals surface area (Å²) >= 11 is 3.74. The van der Waals surface area contributed by atoms with Crippen LogP contribution in [0.15, 0.2) is 89.3 Å². The molecule has 0 saturated heterocycles. The average Bonchev–Trinajstić information content (AvgIpc) is 3.54. The molecule has 0 atom stereocenters. The molecular formula is C31H20NOS2+. The fraction of sp³-hybridized carbons (Fsp3) is 0.0645. The predicted octanol–water partition coefficient (Wildman–Crippen LogP) is 9.12. The van der Waals surface area contributed by atoms with Gasteiger partial charge in [-0.2, -0.15) is 4.57 Å². The molecule has 0 radical (unpaired) electrons. The van der Waals surface area contributed by atoms with Gasteiger partial charge in [0.15, 0.2) is 5.58 Å². The van der Waals surface area contributed by atoms with Gasteiger partial charge in [-0.1, -0.05) is 95.5 Å². The van der Waals surface area contributed by atoms with E-state index in [1.807, 2.05) is 22.7 Å². The molecule has 0 unspecified atom stereocenters. The van der Waals surface area contributed by atoms with E-state index in [9.17, 15) is 0 Å². The Morgan fingerprint density at radius 1 is 0.657 bits per heavy atom. The molecule has 0 N–H and O–H groups in total. The zero-order valence-corrected chi connectivity index (χ0v) is 20.9. The SMILES string of the molecule is Cc1ccc2c(oc3c2ccc2ccc4ccccc4c23)c1-c1sc2c3ccccc3sc2[n+]1C. The molecular weight excluding hydrogens is 466 g/mol. The van der Waals surface area contributed by atoms with Crippen LogP contribution in [0.4, 0.5) is 0 Å². The Morgan fingerprint density at radius 3 is 2.29 bits per heavy atom. The summed E-state index contributed by atoms with van der Waals surface area (Å²) in [6.45, 7) is 2.20. The molecule has 0 amide bonds. The maximum absolute atomic E-state index is 6.85. The van der Waals surface area contributed by atoms with Crippen LogP contribution in [0.5, 0.6) is 0 Å². The Labute approximate surface area is 209 Å². The van der Waals surface area contributed by atoms with Gasteiger partial charge in [-0.05, 0) is 40.8 Å². The van der Waals surface area contributed by atoms with Crippen LogP contribution >= 0.6 is 22.7 Å². The molecule has 4 heteroatoms. The van der Waals surface area contributed by atoms with E-state index in [1.54, 1.807) is 0 Å². The summed E-state index contributed by atoms with van der Waals surface area (Å²) in [5.74, 6) is 0. The Morgan fingerprint density at radius 2 is 1.37 bits per heavy atom. The summed E-state index contributed by atoms with van der Waals surface area (Å²) in [7, 11) is 2.19. The van der Waals surface area contributed by atoms with E-state index >= 15 is 0 Å². The minimum absolute atomic E-state index is 0.979. The van der Waals surface area contributed by atoms with Gasteiger partial charge in [0.1, 0.15) is 22.9 Å². The summed E-state index contributed by atoms with van der Waals surface area (Å²) < 4.78 is 11.9. The van der Waals surface area contributed by atoms with Gasteiger partial charge in [-0.3, -0.25) is 0 Å². The second-order valence-electron chi connectivity index (χ2n) is 9.26. The Bertz CT molecular complexity index is 2140. The number of hydrogen-bond acceptors (Lipinski definition) is 3. The molecule has 0 spiro atoms. The van der Waals surface area contributed by atoms with Gasteiger partial charge in [0.05, 0.1) is 0 Å². The molecule has 0 aliphatic carbocycles. The van der Waals surface area contributed by atoms with Gasteiger partial charge in [-0.25, -0.2) is 0 Å². The quantitative estimate of drug-likeness (QED) is 0.167. The first-order valence-electron chi connectivity index (χ1n) is 11.8. The maximum atomic E-state index is 6.85. The van der Waals surface area contributed by atoms with Crippen LogP contribution in [0.3, 0.4) is 0 Å². The number of furan rings is 1. The van der Waals surface area contributed by atoms with Crippen LogP contribution in [0.1, 0.15) is 5.56 Å². The number of thiophene rings is 1. The number of hydrogen-bond donors (Lipinski definition) is 0. The topological polar surface area (TPSA) is 17.0 Å². The minimum Gasteiger partial charge on any atom is -0.454 e. The lowest BCUT2D eigenvalue weighted by molar-refractivity contribution is -0.627. The van der Waals surface area contributed by atoms with E-state index in [4.69, 9.17) is 4.42 Å². The number of aryl methyl sites for hydroxylation is 2. The molecule has 0 saturated carbocycles. The third-order valence-electron chi connectivity index (χ3n) is 7.28. The highest BCUT2D eigenvalue weighted by atomic mass is 32.1. The van der Waals surface area contributed by atoms with Crippen molar-refractivity contribution in [3.05, 3.63) is 90.5 Å². The Hall–Kier alpha value is -3.73. The standard InChI is InChI=1S/C31H20NOS2/c1-17-11-15-21-22-16-14-19-13-12-18-7-3-4-8-20(18)26(19)28(22)33-27(21)25(17)30-32(2)31-29(35-30)23-9-5-6-10-24(23)34-31/h3-16H,1-2H3/q+1. The van der Waals surface area contributed by atoms with Crippen LogP contribution in [-0.2, 0) is 7.05 Å². The van der Waals surface area contributed by atoms with Crippen LogP contribution in [0.2, 0.25) is 0 Å². The van der Waals surface area contributed by atoms with Crippen LogP contribution in [0, 0.1) is 6.92 Å². The average molecular weight is 487 g/mol. The molecule has 166 valence electrons. The Kier molecular flexibility index (Phi) is 3.86. The fourth-order valence-electron chi connectivity index (χ4n) is 5.55. The van der Waals surface area contributed by atoms with Crippen molar-refractivity contribution in [2.24, 2.45) is 7.05 Å². The van der Waals surface area contributed by atoms with Gasteiger partial charge in [0.25, 0.3) is 9.84 Å². The molecule has 8 aromatic rings. The van der Waals surface area contributed by atoms with E-state index in [-0.39, 0.29) is 0 Å². The number of benzene rings is 5. The molecule has 3 aromatic heterocycles. The van der Waals surface area contributed by atoms with Crippen molar-refractivity contribution in [3.63, 3.8) is 0 Å². The summed E-state index contributed by atoms with van der Waals surface area (Å²) in [4.78, 5) is 1.31. The summed E-state index contributed by atoms with van der Waals surface area (Å²) in [5.41, 5.74) is 4.40. The summed E-state index contributed by atoms with van der Waals surface area (Å²) in [6, 6.07) is 30.6. The normalized spacial score (nSPS) is 12.3. The molecule has 5 aromatic carbocycles. The highest BCUT2D eigenvalue weighted by Crippen LogP contribution is 2.45. The largest absolute Gasteiger partial charge is 0.454 e. The highest BCUT2D eigenvalue weighted by molar-refractivity contribution is 7.32. The molecule has 3 heterocycles. The fourth-order valence-corrected chi connectivity index (χ4v) is 8.28. The van der Waals surface area contributed by atoms with Crippen molar-refractivity contribution in [3.8, 4) is 10.6 Å². The van der Waals surface area contributed by atoms with Crippen molar-refractivity contribution in [1.29, 1.82) is 0 Å². The van der Waals surface area contributed by atoms with Crippen molar-refractivity contribution in [2.75, 3.05) is 0 Å². The second kappa shape index (κ2) is 6.91. The Balaban J connectivity index is 1.51. The molecule has 8 rings (SSSR count). The smallest absolute Gasteiger partial charge is 0.281 e. The minimum atomic E-state index is 0.979. The monoisotopic (exact) mass is 486 g/mol. The first-order valence-corrected chi connectivity index (χ1v) is 13.4. The summed E-state index contributed by atoms with van der Waals surface area (Å²) in [5, 5.41) is 9.82. The number of fused-ring (bicyclic) bond motifs is 10. The van der Waals surface area contributed by atoms with Crippen LogP contribution in [0.25, 0.3) is 73.7 Å². The van der Waals surface area contributed by atoms with Crippen molar-refractivity contribution in [2.45, 2.75) is 6.92 Å². The molecule has 2 nitrogen and oxygen atoms in total. The number of aromatic nitrogens is 1. The van der Waals surface area contributed by atoms with Crippen LogP contribution in [-0.4, -0.2) is 0 Å². The maximum Gasteiger partial charge on any atom is 0.281 e. The van der Waals surface area contributed by atoms with E-state index in [0.717, 1.165) is 11.2 Å². The number of nitrogens with zero attached hydrogens (tertiary/aromatic N) is 1. The van der Waals surface area contributed by atoms with Gasteiger partial charge < -0.3 is 4.42 Å². The second-order valence-corrected chi connectivity index (χ2v) is 11.3. The highest BCUT2D eigenvalue weighted by Gasteiger charge is 2.28. The van der Waals surface area contributed by atoms with E-state index in [1.165, 1.54) is 68.1 Å². The lowest BCUT2D eigenvalue weighted by atomic mass is 9.99. The third kappa shape index (κ3) is 2.56. The lowest BCUT2D eigenvalue weighted by Crippen LogP contribution is -2.27. The molecule has 0 fully saturated rings. The van der Waals surface area contributed by atoms with Crippen molar-refractivity contribution < 1.29 is 8.98 Å². The van der Waals surface area contributed by atoms with E-state index in [0.29, 0.717) is 0 Å². The molecule has 0 aliphatic heterocycles. The van der Waals surface area contributed by atoms with Gasteiger partial charge in [0, 0.05) is 26.2 Å². The van der Waals surface area contributed by atoms with E-state index < -0.39 is 0 Å². The zero-order valence-electron chi connectivity index (χ0n) is 19.3. The first-order chi connectivity index (χ1) is 17.2. The van der Waals surface area contributed by atoms with Gasteiger partial charge in [-0.15, -0.1) is 0 Å². The number of rotatable bonds is 1. The molecule has 0 bridgehead atoms. The molecule has 35 heavy (non-hydrogen) atoms. The predicted molar refractivity (Wildman–Crippen MR) is 151 cm³/mol.